The van der Waals surface area contributed by atoms with Crippen LogP contribution in [0.25, 0.3) is 0 Å². The summed E-state index contributed by atoms with van der Waals surface area (Å²) >= 11 is 11.9. The Morgan fingerprint density at radius 2 is 2.08 bits per heavy atom. The summed E-state index contributed by atoms with van der Waals surface area (Å²) in [6.45, 7) is 0.460. The molecule has 0 fully saturated rings. The number of halogens is 3. The fourth-order valence-corrected chi connectivity index (χ4v) is 3.04. The topological polar surface area (TPSA) is 50.7 Å². The lowest BCUT2D eigenvalue weighted by Gasteiger charge is -2.08. The third-order valence-corrected chi connectivity index (χ3v) is 4.36. The molecule has 0 bridgehead atoms. The van der Waals surface area contributed by atoms with Crippen molar-refractivity contribution in [3.05, 3.63) is 63.4 Å². The van der Waals surface area contributed by atoms with E-state index in [1.165, 1.54) is 12.1 Å². The summed E-state index contributed by atoms with van der Waals surface area (Å²) in [5.74, 6) is -0.288. The van der Waals surface area contributed by atoms with Crippen molar-refractivity contribution in [1.82, 2.24) is 5.32 Å². The molecule has 3 rings (SSSR count). The van der Waals surface area contributed by atoms with Crippen LogP contribution in [0.2, 0.25) is 10.0 Å². The lowest BCUT2D eigenvalue weighted by atomic mass is 10.1. The first-order valence-electron chi connectivity index (χ1n) is 7.70. The molecule has 1 aliphatic heterocycles. The van der Waals surface area contributed by atoms with Gasteiger partial charge in [0.1, 0.15) is 5.82 Å². The standard InChI is InChI=1S/C18H15Cl2FN2O2/c19-13-2-1-11(16(20)9-13)5-6-25-18(24)22-10-15-8-12-7-14(21)3-4-17(12)23-15/h1-4,7,9H,5-6,8,10H2,(H,22,24). The van der Waals surface area contributed by atoms with E-state index >= 15 is 0 Å². The molecule has 1 N–H and O–H groups in total. The highest BCUT2D eigenvalue weighted by atomic mass is 35.5. The van der Waals surface area contributed by atoms with Gasteiger partial charge in [0.2, 0.25) is 0 Å². The van der Waals surface area contributed by atoms with Gasteiger partial charge in [-0.15, -0.1) is 0 Å². The van der Waals surface area contributed by atoms with E-state index in [2.05, 4.69) is 10.3 Å². The van der Waals surface area contributed by atoms with Gasteiger partial charge in [0.15, 0.2) is 0 Å². The van der Waals surface area contributed by atoms with E-state index < -0.39 is 6.09 Å². The average molecular weight is 381 g/mol. The monoisotopic (exact) mass is 380 g/mol. The molecule has 0 aromatic heterocycles. The van der Waals surface area contributed by atoms with Gasteiger partial charge < -0.3 is 10.1 Å². The smallest absolute Gasteiger partial charge is 0.407 e. The van der Waals surface area contributed by atoms with Crippen LogP contribution in [0.5, 0.6) is 0 Å². The largest absolute Gasteiger partial charge is 0.449 e. The normalized spacial score (nSPS) is 12.5. The average Bonchev–Trinajstić information content (AvgIpc) is 2.97. The van der Waals surface area contributed by atoms with Crippen LogP contribution in [0, 0.1) is 5.82 Å². The van der Waals surface area contributed by atoms with E-state index in [-0.39, 0.29) is 19.0 Å². The summed E-state index contributed by atoms with van der Waals surface area (Å²) in [6, 6.07) is 9.65. The molecule has 1 amide bonds. The molecule has 0 saturated heterocycles. The van der Waals surface area contributed by atoms with E-state index in [0.29, 0.717) is 22.9 Å². The van der Waals surface area contributed by atoms with Gasteiger partial charge in [0, 0.05) is 28.6 Å². The zero-order valence-corrected chi connectivity index (χ0v) is 14.7. The van der Waals surface area contributed by atoms with Gasteiger partial charge >= 0.3 is 6.09 Å². The Bertz CT molecular complexity index is 840. The van der Waals surface area contributed by atoms with Crippen LogP contribution in [0.1, 0.15) is 11.1 Å². The first-order valence-corrected chi connectivity index (χ1v) is 8.46. The van der Waals surface area contributed by atoms with E-state index in [1.54, 1.807) is 24.3 Å². The summed E-state index contributed by atoms with van der Waals surface area (Å²) in [5.41, 5.74) is 3.18. The third kappa shape index (κ3) is 4.71. The molecule has 130 valence electrons. The van der Waals surface area contributed by atoms with Gasteiger partial charge in [0.05, 0.1) is 18.8 Å². The zero-order valence-electron chi connectivity index (χ0n) is 13.2. The second-order valence-corrected chi connectivity index (χ2v) is 6.45. The number of carbonyl (C=O) groups excluding carboxylic acids is 1. The number of alkyl carbamates (subject to hydrolysis) is 1. The molecular formula is C18H15Cl2FN2O2. The van der Waals surface area contributed by atoms with E-state index in [1.807, 2.05) is 0 Å². The first-order chi connectivity index (χ1) is 12.0. The maximum atomic E-state index is 13.2. The second kappa shape index (κ2) is 7.85. The van der Waals surface area contributed by atoms with Crippen LogP contribution >= 0.6 is 23.2 Å². The highest BCUT2D eigenvalue weighted by Crippen LogP contribution is 2.27. The number of fused-ring (bicyclic) bond motifs is 1. The number of ether oxygens (including phenoxy) is 1. The van der Waals surface area contributed by atoms with Gasteiger partial charge in [-0.2, -0.15) is 0 Å². The molecule has 0 saturated carbocycles. The van der Waals surface area contributed by atoms with E-state index in [9.17, 15) is 9.18 Å². The van der Waals surface area contributed by atoms with Crippen LogP contribution in [0.3, 0.4) is 0 Å². The first kappa shape index (κ1) is 17.7. The molecule has 0 aliphatic carbocycles. The Morgan fingerprint density at radius 3 is 2.88 bits per heavy atom. The zero-order chi connectivity index (χ0) is 17.8. The Balaban J connectivity index is 1.42. The van der Waals surface area contributed by atoms with Gasteiger partial charge in [-0.3, -0.25) is 4.99 Å². The molecule has 25 heavy (non-hydrogen) atoms. The molecule has 1 aliphatic rings. The molecule has 0 spiro atoms. The van der Waals surface area contributed by atoms with Crippen LogP contribution in [-0.2, 0) is 17.6 Å². The van der Waals surface area contributed by atoms with Crippen molar-refractivity contribution < 1.29 is 13.9 Å². The van der Waals surface area contributed by atoms with Crippen molar-refractivity contribution in [3.63, 3.8) is 0 Å². The van der Waals surface area contributed by atoms with E-state index in [4.69, 9.17) is 27.9 Å². The lowest BCUT2D eigenvalue weighted by Crippen LogP contribution is -2.30. The second-order valence-electron chi connectivity index (χ2n) is 5.60. The summed E-state index contributed by atoms with van der Waals surface area (Å²) in [5, 5.41) is 3.75. The number of nitrogens with one attached hydrogen (secondary N) is 1. The summed E-state index contributed by atoms with van der Waals surface area (Å²) in [7, 11) is 0. The SMILES string of the molecule is O=C(NCC1=Nc2ccc(F)cc2C1)OCCc1ccc(Cl)cc1Cl. The van der Waals surface area contributed by atoms with Crippen LogP contribution < -0.4 is 5.32 Å². The summed E-state index contributed by atoms with van der Waals surface area (Å²) < 4.78 is 18.3. The van der Waals surface area contributed by atoms with Gasteiger partial charge in [-0.05, 0) is 41.5 Å². The number of rotatable bonds is 5. The maximum Gasteiger partial charge on any atom is 0.407 e. The van der Waals surface area contributed by atoms with Crippen molar-refractivity contribution in [3.8, 4) is 0 Å². The Hall–Kier alpha value is -2.11. The maximum absolute atomic E-state index is 13.2. The molecule has 2 aromatic carbocycles. The van der Waals surface area contributed by atoms with Crippen LogP contribution in [0.15, 0.2) is 41.4 Å². The Labute approximate surface area is 154 Å². The molecular weight excluding hydrogens is 366 g/mol. The number of carbonyl (C=O) groups is 1. The predicted molar refractivity (Wildman–Crippen MR) is 96.7 cm³/mol. The van der Waals surface area contributed by atoms with Crippen molar-refractivity contribution in [2.24, 2.45) is 4.99 Å². The van der Waals surface area contributed by atoms with Crippen molar-refractivity contribution in [1.29, 1.82) is 0 Å². The molecule has 1 heterocycles. The minimum absolute atomic E-state index is 0.200. The van der Waals surface area contributed by atoms with E-state index in [0.717, 1.165) is 22.5 Å². The lowest BCUT2D eigenvalue weighted by molar-refractivity contribution is 0.149. The third-order valence-electron chi connectivity index (χ3n) is 3.77. The molecule has 0 radical (unpaired) electrons. The Morgan fingerprint density at radius 1 is 1.24 bits per heavy atom. The van der Waals surface area contributed by atoms with Gasteiger partial charge in [-0.25, -0.2) is 9.18 Å². The number of amides is 1. The minimum atomic E-state index is -0.532. The highest BCUT2D eigenvalue weighted by molar-refractivity contribution is 6.35. The van der Waals surface area contributed by atoms with Crippen LogP contribution in [-0.4, -0.2) is 25.0 Å². The molecule has 2 aromatic rings. The summed E-state index contributed by atoms with van der Waals surface area (Å²) in [4.78, 5) is 16.1. The molecule has 7 heteroatoms. The Kier molecular flexibility index (Phi) is 5.56. The van der Waals surface area contributed by atoms with Gasteiger partial charge in [-0.1, -0.05) is 29.3 Å². The fourth-order valence-electron chi connectivity index (χ4n) is 2.54. The minimum Gasteiger partial charge on any atom is -0.449 e. The molecule has 0 unspecified atom stereocenters. The van der Waals surface area contributed by atoms with Crippen molar-refractivity contribution in [2.75, 3.05) is 13.2 Å². The summed E-state index contributed by atoms with van der Waals surface area (Å²) in [6.07, 6.45) is 0.484. The fraction of sp³-hybridized carbons (Fsp3) is 0.222. The van der Waals surface area contributed by atoms with Crippen LogP contribution in [0.4, 0.5) is 14.9 Å². The highest BCUT2D eigenvalue weighted by Gasteiger charge is 2.16. The molecule has 0 atom stereocenters. The van der Waals surface area contributed by atoms with Gasteiger partial charge in [0.25, 0.3) is 0 Å². The number of aliphatic imine (C=N–C) groups is 1. The number of hydrogen-bond acceptors (Lipinski definition) is 3. The number of benzene rings is 2. The quantitative estimate of drug-likeness (QED) is 0.814. The van der Waals surface area contributed by atoms with Crippen molar-refractivity contribution in [2.45, 2.75) is 12.8 Å². The number of hydrogen-bond donors (Lipinski definition) is 1. The van der Waals surface area contributed by atoms with Crippen molar-refractivity contribution >= 4 is 40.7 Å². The molecule has 4 nitrogen and oxygen atoms in total. The predicted octanol–water partition coefficient (Wildman–Crippen LogP) is 4.73. The number of nitrogens with zero attached hydrogens (tertiary/aromatic N) is 1.